The standard InChI is InChI=1S/C20H21ClN4O2/c1-11-6-7-12(2)18(8-11)25-19(21)17(14(4)24-25)10-22-23-20(26)16-9-13(3)27-15(16)5/h6-10H,1-5H3,(H,23,26)/b22-10-. The number of nitrogens with one attached hydrogen (secondary N) is 1. The summed E-state index contributed by atoms with van der Waals surface area (Å²) in [6.07, 6.45) is 1.51. The summed E-state index contributed by atoms with van der Waals surface area (Å²) in [5, 5.41) is 8.99. The van der Waals surface area contributed by atoms with Gasteiger partial charge in [-0.25, -0.2) is 10.1 Å². The molecule has 0 aliphatic rings. The van der Waals surface area contributed by atoms with Crippen molar-refractivity contribution in [2.24, 2.45) is 5.10 Å². The maximum absolute atomic E-state index is 12.2. The Balaban J connectivity index is 1.85. The van der Waals surface area contributed by atoms with Crippen molar-refractivity contribution in [3.05, 3.63) is 68.9 Å². The first-order valence-corrected chi connectivity index (χ1v) is 8.89. The van der Waals surface area contributed by atoms with Crippen LogP contribution in [-0.4, -0.2) is 21.9 Å². The van der Waals surface area contributed by atoms with Crippen LogP contribution in [0.4, 0.5) is 0 Å². The quantitative estimate of drug-likeness (QED) is 0.534. The van der Waals surface area contributed by atoms with Gasteiger partial charge in [0.1, 0.15) is 16.7 Å². The van der Waals surface area contributed by atoms with Crippen LogP contribution >= 0.6 is 11.6 Å². The molecule has 2 heterocycles. The van der Waals surface area contributed by atoms with Gasteiger partial charge in [-0.2, -0.15) is 10.2 Å². The first kappa shape index (κ1) is 18.9. The molecule has 27 heavy (non-hydrogen) atoms. The van der Waals surface area contributed by atoms with Crippen molar-refractivity contribution in [1.29, 1.82) is 0 Å². The summed E-state index contributed by atoms with van der Waals surface area (Å²) in [6, 6.07) is 7.78. The van der Waals surface area contributed by atoms with Gasteiger partial charge >= 0.3 is 0 Å². The normalized spacial score (nSPS) is 11.3. The summed E-state index contributed by atoms with van der Waals surface area (Å²) in [4.78, 5) is 12.2. The molecule has 0 aliphatic carbocycles. The van der Waals surface area contributed by atoms with E-state index in [1.54, 1.807) is 24.6 Å². The SMILES string of the molecule is Cc1ccc(C)c(-n2nc(C)c(/C=N\NC(=O)c3cc(C)oc3C)c2Cl)c1. The molecule has 0 bridgehead atoms. The molecule has 2 aromatic heterocycles. The van der Waals surface area contributed by atoms with Gasteiger partial charge in [0.15, 0.2) is 0 Å². The summed E-state index contributed by atoms with van der Waals surface area (Å²) in [7, 11) is 0. The van der Waals surface area contributed by atoms with Crippen molar-refractivity contribution >= 4 is 23.7 Å². The number of carbonyl (C=O) groups is 1. The monoisotopic (exact) mass is 384 g/mol. The van der Waals surface area contributed by atoms with E-state index in [2.05, 4.69) is 15.6 Å². The molecular formula is C20H21ClN4O2. The van der Waals surface area contributed by atoms with Gasteiger partial charge in [0, 0.05) is 0 Å². The van der Waals surface area contributed by atoms with Gasteiger partial charge in [-0.3, -0.25) is 4.79 Å². The molecule has 1 amide bonds. The number of nitrogens with zero attached hydrogens (tertiary/aromatic N) is 3. The first-order valence-electron chi connectivity index (χ1n) is 8.51. The maximum Gasteiger partial charge on any atom is 0.274 e. The molecular weight excluding hydrogens is 364 g/mol. The Morgan fingerprint density at radius 2 is 1.96 bits per heavy atom. The molecule has 0 saturated heterocycles. The van der Waals surface area contributed by atoms with Crippen LogP contribution in [0.5, 0.6) is 0 Å². The van der Waals surface area contributed by atoms with Crippen LogP contribution in [0.2, 0.25) is 5.15 Å². The van der Waals surface area contributed by atoms with Crippen LogP contribution in [0.1, 0.15) is 44.3 Å². The highest BCUT2D eigenvalue weighted by Crippen LogP contribution is 2.24. The predicted molar refractivity (Wildman–Crippen MR) is 106 cm³/mol. The van der Waals surface area contributed by atoms with Crippen LogP contribution in [0.15, 0.2) is 33.8 Å². The second-order valence-corrected chi connectivity index (χ2v) is 6.88. The Bertz CT molecular complexity index is 1050. The van der Waals surface area contributed by atoms with Gasteiger partial charge in [0.25, 0.3) is 5.91 Å². The molecule has 0 atom stereocenters. The fourth-order valence-corrected chi connectivity index (χ4v) is 3.15. The van der Waals surface area contributed by atoms with Crippen molar-refractivity contribution in [2.45, 2.75) is 34.6 Å². The number of aromatic nitrogens is 2. The minimum absolute atomic E-state index is 0.337. The zero-order valence-corrected chi connectivity index (χ0v) is 16.7. The molecule has 0 aliphatic heterocycles. The number of rotatable bonds is 4. The number of benzene rings is 1. The molecule has 0 spiro atoms. The Morgan fingerprint density at radius 3 is 2.63 bits per heavy atom. The van der Waals surface area contributed by atoms with E-state index in [1.165, 1.54) is 6.21 Å². The van der Waals surface area contributed by atoms with Crippen LogP contribution in [0.3, 0.4) is 0 Å². The minimum atomic E-state index is -0.337. The molecule has 0 fully saturated rings. The summed E-state index contributed by atoms with van der Waals surface area (Å²) in [6.45, 7) is 9.40. The van der Waals surface area contributed by atoms with Crippen molar-refractivity contribution in [3.8, 4) is 5.69 Å². The van der Waals surface area contributed by atoms with Gasteiger partial charge in [0.05, 0.1) is 28.7 Å². The Kier molecular flexibility index (Phi) is 5.19. The zero-order valence-electron chi connectivity index (χ0n) is 15.9. The predicted octanol–water partition coefficient (Wildman–Crippen LogP) is 4.42. The van der Waals surface area contributed by atoms with Crippen LogP contribution in [-0.2, 0) is 0 Å². The second kappa shape index (κ2) is 7.40. The molecule has 7 heteroatoms. The average Bonchev–Trinajstić information content (AvgIpc) is 3.09. The zero-order chi connectivity index (χ0) is 19.7. The smallest absolute Gasteiger partial charge is 0.274 e. The minimum Gasteiger partial charge on any atom is -0.466 e. The number of aryl methyl sites for hydroxylation is 5. The maximum atomic E-state index is 12.2. The highest BCUT2D eigenvalue weighted by atomic mass is 35.5. The number of halogens is 1. The summed E-state index contributed by atoms with van der Waals surface area (Å²) in [5.41, 5.74) is 7.42. The number of hydrazone groups is 1. The van der Waals surface area contributed by atoms with Crippen molar-refractivity contribution in [1.82, 2.24) is 15.2 Å². The lowest BCUT2D eigenvalue weighted by Crippen LogP contribution is -2.17. The van der Waals surface area contributed by atoms with Gasteiger partial charge in [-0.15, -0.1) is 0 Å². The van der Waals surface area contributed by atoms with Gasteiger partial charge in [-0.05, 0) is 57.9 Å². The molecule has 0 saturated carbocycles. The Hall–Kier alpha value is -2.86. The summed E-state index contributed by atoms with van der Waals surface area (Å²) >= 11 is 6.53. The third kappa shape index (κ3) is 3.80. The third-order valence-corrected chi connectivity index (χ3v) is 4.65. The van der Waals surface area contributed by atoms with E-state index in [4.69, 9.17) is 16.0 Å². The van der Waals surface area contributed by atoms with E-state index < -0.39 is 0 Å². The molecule has 0 unspecified atom stereocenters. The lowest BCUT2D eigenvalue weighted by molar-refractivity contribution is 0.0953. The fraction of sp³-hybridized carbons (Fsp3) is 0.250. The van der Waals surface area contributed by atoms with E-state index in [-0.39, 0.29) is 5.91 Å². The number of furan rings is 1. The Labute approximate surface area is 162 Å². The molecule has 0 radical (unpaired) electrons. The molecule has 1 N–H and O–H groups in total. The number of carbonyl (C=O) groups excluding carboxylic acids is 1. The third-order valence-electron chi connectivity index (χ3n) is 4.29. The lowest BCUT2D eigenvalue weighted by atomic mass is 10.1. The van der Waals surface area contributed by atoms with E-state index in [1.807, 2.05) is 39.0 Å². The molecule has 3 aromatic rings. The lowest BCUT2D eigenvalue weighted by Gasteiger charge is -2.08. The average molecular weight is 385 g/mol. The summed E-state index contributed by atoms with van der Waals surface area (Å²) in [5.74, 6) is 0.892. The Morgan fingerprint density at radius 1 is 1.22 bits per heavy atom. The van der Waals surface area contributed by atoms with Crippen molar-refractivity contribution < 1.29 is 9.21 Å². The van der Waals surface area contributed by atoms with E-state index >= 15 is 0 Å². The van der Waals surface area contributed by atoms with Crippen LogP contribution < -0.4 is 5.43 Å². The number of hydrogen-bond acceptors (Lipinski definition) is 4. The molecule has 140 valence electrons. The molecule has 6 nitrogen and oxygen atoms in total. The fourth-order valence-electron chi connectivity index (χ4n) is 2.84. The first-order chi connectivity index (χ1) is 12.8. The van der Waals surface area contributed by atoms with E-state index in [0.717, 1.165) is 16.8 Å². The van der Waals surface area contributed by atoms with Gasteiger partial charge in [-0.1, -0.05) is 23.7 Å². The molecule has 1 aromatic carbocycles. The summed E-state index contributed by atoms with van der Waals surface area (Å²) < 4.78 is 7.05. The van der Waals surface area contributed by atoms with E-state index in [0.29, 0.717) is 33.5 Å². The van der Waals surface area contributed by atoms with Gasteiger partial charge in [0.2, 0.25) is 0 Å². The van der Waals surface area contributed by atoms with Crippen molar-refractivity contribution in [2.75, 3.05) is 0 Å². The number of hydrogen-bond donors (Lipinski definition) is 1. The van der Waals surface area contributed by atoms with Crippen LogP contribution in [0.25, 0.3) is 5.69 Å². The van der Waals surface area contributed by atoms with Crippen molar-refractivity contribution in [3.63, 3.8) is 0 Å². The van der Waals surface area contributed by atoms with Gasteiger partial charge < -0.3 is 4.42 Å². The largest absolute Gasteiger partial charge is 0.466 e. The van der Waals surface area contributed by atoms with E-state index in [9.17, 15) is 4.79 Å². The highest BCUT2D eigenvalue weighted by molar-refractivity contribution is 6.32. The second-order valence-electron chi connectivity index (χ2n) is 6.52. The van der Waals surface area contributed by atoms with Crippen LogP contribution in [0, 0.1) is 34.6 Å². The highest BCUT2D eigenvalue weighted by Gasteiger charge is 2.16. The number of amides is 1. The molecule has 3 rings (SSSR count). The topological polar surface area (TPSA) is 72.4 Å².